The minimum absolute atomic E-state index is 0.139. The van der Waals surface area contributed by atoms with E-state index in [0.717, 1.165) is 10.9 Å². The van der Waals surface area contributed by atoms with Gasteiger partial charge in [-0.15, -0.1) is 0 Å². The van der Waals surface area contributed by atoms with Crippen molar-refractivity contribution < 1.29 is 52.5 Å². The van der Waals surface area contributed by atoms with E-state index in [9.17, 15) is 28.8 Å². The number of nitrogens with one attached hydrogen (secondary N) is 1. The van der Waals surface area contributed by atoms with E-state index in [2.05, 4.69) is 20.3 Å². The molecular formula is C35H38N6O11. The number of para-hydroxylation sites is 2. The van der Waals surface area contributed by atoms with Gasteiger partial charge in [0.05, 0.1) is 44.1 Å². The maximum atomic E-state index is 14.1. The van der Waals surface area contributed by atoms with Crippen molar-refractivity contribution >= 4 is 64.4 Å². The highest BCUT2D eigenvalue weighted by Gasteiger charge is 2.56. The number of benzene rings is 2. The Morgan fingerprint density at radius 1 is 0.750 bits per heavy atom. The molecule has 0 radical (unpaired) electrons. The van der Waals surface area contributed by atoms with E-state index >= 15 is 0 Å². The van der Waals surface area contributed by atoms with Gasteiger partial charge in [-0.2, -0.15) is 9.97 Å². The number of imidazole rings is 1. The fourth-order valence-electron chi connectivity index (χ4n) is 5.17. The summed E-state index contributed by atoms with van der Waals surface area (Å²) in [7, 11) is 0. The predicted molar refractivity (Wildman–Crippen MR) is 183 cm³/mol. The van der Waals surface area contributed by atoms with Gasteiger partial charge < -0.3 is 23.7 Å². The van der Waals surface area contributed by atoms with Crippen LogP contribution in [0.5, 0.6) is 5.88 Å². The summed E-state index contributed by atoms with van der Waals surface area (Å²) in [5, 5.41) is 2.40. The van der Waals surface area contributed by atoms with Crippen LogP contribution in [0.15, 0.2) is 67.0 Å². The molecule has 0 spiro atoms. The van der Waals surface area contributed by atoms with Crippen molar-refractivity contribution in [2.75, 3.05) is 36.6 Å². The molecule has 0 aliphatic heterocycles. The minimum atomic E-state index is -2.67. The highest BCUT2D eigenvalue weighted by molar-refractivity contribution is 6.06. The molecule has 2 aromatic carbocycles. The molecule has 52 heavy (non-hydrogen) atoms. The van der Waals surface area contributed by atoms with E-state index in [0.29, 0.717) is 11.4 Å². The van der Waals surface area contributed by atoms with Crippen molar-refractivity contribution in [3.05, 3.63) is 67.0 Å². The zero-order valence-corrected chi connectivity index (χ0v) is 29.2. The van der Waals surface area contributed by atoms with Crippen molar-refractivity contribution in [2.45, 2.75) is 46.6 Å². The summed E-state index contributed by atoms with van der Waals surface area (Å²) < 4.78 is 27.7. The first-order chi connectivity index (χ1) is 25.0. The molecular weight excluding hydrogens is 680 g/mol. The standard InChI is InChI=1S/C35H38N6O11/c1-6-48-29(43)25(30(44)49-7-2)20-35(31(45)50-8-3,32(46)51-9-4)40-21-36-26-27(40)38-33(37-22(5)42)39-28(26)52-34(47)41(23-16-12-10-13-17-23)24-18-14-11-15-19-24/h10-19,21,25H,6-9,20H2,1-5H3,(H,37,38,39,42). The van der Waals surface area contributed by atoms with Crippen LogP contribution in [0.3, 0.4) is 0 Å². The zero-order chi connectivity index (χ0) is 37.8. The number of ether oxygens (including phenoxy) is 5. The Morgan fingerprint density at radius 3 is 1.71 bits per heavy atom. The topological polar surface area (TPSA) is 207 Å². The summed E-state index contributed by atoms with van der Waals surface area (Å²) in [4.78, 5) is 94.8. The van der Waals surface area contributed by atoms with Gasteiger partial charge in [0.15, 0.2) is 17.1 Å². The average molecular weight is 719 g/mol. The maximum Gasteiger partial charge on any atom is 0.425 e. The molecule has 2 aromatic heterocycles. The van der Waals surface area contributed by atoms with E-state index < -0.39 is 65.6 Å². The highest BCUT2D eigenvalue weighted by Crippen LogP contribution is 2.36. The van der Waals surface area contributed by atoms with E-state index in [1.54, 1.807) is 60.7 Å². The van der Waals surface area contributed by atoms with Gasteiger partial charge in [-0.3, -0.25) is 24.3 Å². The van der Waals surface area contributed by atoms with Crippen LogP contribution in [0.25, 0.3) is 11.2 Å². The third-order valence-corrected chi connectivity index (χ3v) is 7.33. The molecule has 4 aromatic rings. The second kappa shape index (κ2) is 17.5. The van der Waals surface area contributed by atoms with Crippen LogP contribution in [0.1, 0.15) is 41.0 Å². The number of hydrogen-bond acceptors (Lipinski definition) is 14. The largest absolute Gasteiger partial charge is 0.465 e. The number of amides is 2. The fraction of sp³-hybridized carbons (Fsp3) is 0.343. The van der Waals surface area contributed by atoms with Crippen LogP contribution in [0.2, 0.25) is 0 Å². The quantitative estimate of drug-likeness (QED) is 0.104. The average Bonchev–Trinajstić information content (AvgIpc) is 3.54. The van der Waals surface area contributed by atoms with Gasteiger partial charge in [0.1, 0.15) is 0 Å². The molecule has 0 saturated carbocycles. The molecule has 0 atom stereocenters. The second-order valence-corrected chi connectivity index (χ2v) is 10.8. The van der Waals surface area contributed by atoms with Crippen LogP contribution < -0.4 is 15.0 Å². The van der Waals surface area contributed by atoms with Gasteiger partial charge in [0.25, 0.3) is 5.88 Å². The summed E-state index contributed by atoms with van der Waals surface area (Å²) in [6.45, 7) is 6.40. The number of fused-ring (bicyclic) bond motifs is 1. The van der Waals surface area contributed by atoms with Crippen molar-refractivity contribution in [1.82, 2.24) is 19.5 Å². The van der Waals surface area contributed by atoms with E-state index in [-0.39, 0.29) is 37.6 Å². The molecule has 2 heterocycles. The lowest BCUT2D eigenvalue weighted by molar-refractivity contribution is -0.174. The van der Waals surface area contributed by atoms with Crippen molar-refractivity contribution in [3.63, 3.8) is 0 Å². The van der Waals surface area contributed by atoms with Crippen molar-refractivity contribution in [2.24, 2.45) is 5.92 Å². The third-order valence-electron chi connectivity index (χ3n) is 7.33. The highest BCUT2D eigenvalue weighted by atomic mass is 16.6. The SMILES string of the molecule is CCOC(=O)C(CC(C(=O)OCC)(C(=O)OCC)n1cnc2c(OC(=O)N(c3ccccc3)c3ccccc3)nc(NC(C)=O)nc21)C(=O)OCC. The first-order valence-electron chi connectivity index (χ1n) is 16.3. The van der Waals surface area contributed by atoms with E-state index in [4.69, 9.17) is 23.7 Å². The lowest BCUT2D eigenvalue weighted by atomic mass is 9.86. The zero-order valence-electron chi connectivity index (χ0n) is 29.2. The normalized spacial score (nSPS) is 11.0. The monoisotopic (exact) mass is 718 g/mol. The summed E-state index contributed by atoms with van der Waals surface area (Å²) in [6, 6.07) is 17.2. The smallest absolute Gasteiger partial charge is 0.425 e. The van der Waals surface area contributed by atoms with Gasteiger partial charge in [-0.1, -0.05) is 36.4 Å². The van der Waals surface area contributed by atoms with Crippen LogP contribution in [-0.4, -0.2) is 81.8 Å². The number of aromatic nitrogens is 4. The van der Waals surface area contributed by atoms with Gasteiger partial charge in [0, 0.05) is 13.3 Å². The first kappa shape index (κ1) is 38.4. The number of carbonyl (C=O) groups is 6. The van der Waals surface area contributed by atoms with Crippen LogP contribution >= 0.6 is 0 Å². The van der Waals surface area contributed by atoms with Gasteiger partial charge in [0.2, 0.25) is 17.4 Å². The van der Waals surface area contributed by atoms with E-state index in [1.807, 2.05) is 0 Å². The molecule has 0 unspecified atom stereocenters. The number of rotatable bonds is 15. The number of nitrogens with zero attached hydrogens (tertiary/aromatic N) is 5. The molecule has 274 valence electrons. The number of hydrogen-bond donors (Lipinski definition) is 1. The van der Waals surface area contributed by atoms with Gasteiger partial charge >= 0.3 is 30.0 Å². The Kier molecular flexibility index (Phi) is 12.9. The van der Waals surface area contributed by atoms with Gasteiger partial charge in [-0.05, 0) is 52.0 Å². The molecule has 0 saturated heterocycles. The first-order valence-corrected chi connectivity index (χ1v) is 16.3. The summed E-state index contributed by atoms with van der Waals surface area (Å²) in [6.07, 6.45) is -0.882. The third kappa shape index (κ3) is 8.31. The molecule has 17 heteroatoms. The van der Waals surface area contributed by atoms with Crippen LogP contribution in [0.4, 0.5) is 22.1 Å². The van der Waals surface area contributed by atoms with E-state index in [1.165, 1.54) is 39.5 Å². The predicted octanol–water partition coefficient (Wildman–Crippen LogP) is 4.08. The number of carbonyl (C=O) groups excluding carboxylic acids is 6. The van der Waals surface area contributed by atoms with Gasteiger partial charge in [-0.25, -0.2) is 24.3 Å². The number of esters is 4. The Morgan fingerprint density at radius 2 is 1.25 bits per heavy atom. The Hall–Kier alpha value is -6.39. The minimum Gasteiger partial charge on any atom is -0.465 e. The summed E-state index contributed by atoms with van der Waals surface area (Å²) in [5.74, 6) is -8.03. The fourth-order valence-corrected chi connectivity index (χ4v) is 5.17. The second-order valence-electron chi connectivity index (χ2n) is 10.8. The summed E-state index contributed by atoms with van der Waals surface area (Å²) in [5.41, 5.74) is -2.41. The molecule has 2 amide bonds. The molecule has 4 rings (SSSR count). The summed E-state index contributed by atoms with van der Waals surface area (Å²) >= 11 is 0. The Bertz CT molecular complexity index is 1840. The Labute approximate surface area is 298 Å². The van der Waals surface area contributed by atoms with Crippen molar-refractivity contribution in [1.29, 1.82) is 0 Å². The Balaban J connectivity index is 1.99. The van der Waals surface area contributed by atoms with Crippen LogP contribution in [-0.2, 0) is 48.5 Å². The van der Waals surface area contributed by atoms with Crippen LogP contribution in [0, 0.1) is 5.92 Å². The molecule has 0 fully saturated rings. The van der Waals surface area contributed by atoms with Crippen molar-refractivity contribution in [3.8, 4) is 5.88 Å². The molecule has 0 aliphatic rings. The molecule has 17 nitrogen and oxygen atoms in total. The molecule has 0 bridgehead atoms. The maximum absolute atomic E-state index is 14.1. The lowest BCUT2D eigenvalue weighted by Crippen LogP contribution is -2.54. The molecule has 1 N–H and O–H groups in total. The molecule has 0 aliphatic carbocycles. The lowest BCUT2D eigenvalue weighted by Gasteiger charge is -2.32. The number of anilines is 3.